The first-order valence-electron chi connectivity index (χ1n) is 8.37. The van der Waals surface area contributed by atoms with Crippen LogP contribution in [0.15, 0.2) is 29.2 Å². The van der Waals surface area contributed by atoms with Crippen molar-refractivity contribution in [3.63, 3.8) is 0 Å². The van der Waals surface area contributed by atoms with Gasteiger partial charge in [0, 0.05) is 42.7 Å². The van der Waals surface area contributed by atoms with Crippen LogP contribution < -0.4 is 5.32 Å². The van der Waals surface area contributed by atoms with E-state index in [1.54, 1.807) is 24.3 Å². The number of nitrogens with one attached hydrogen (secondary N) is 1. The van der Waals surface area contributed by atoms with Gasteiger partial charge < -0.3 is 10.2 Å². The van der Waals surface area contributed by atoms with Crippen LogP contribution in [-0.2, 0) is 9.59 Å². The van der Waals surface area contributed by atoms with E-state index in [0.29, 0.717) is 48.5 Å². The standard InChI is InChI=1S/C17H21F2N3O2S/c18-17(19)25-14-5-3-13(4-6-14)20-15(23)11-21-7-9-22(10-8-21)16(24)12-1-2-12/h3-6,12,17H,1-2,7-11H2,(H,20,23). The molecule has 2 fully saturated rings. The molecule has 1 aromatic rings. The lowest BCUT2D eigenvalue weighted by Crippen LogP contribution is -2.50. The number of anilines is 1. The first kappa shape index (κ1) is 18.1. The zero-order chi connectivity index (χ0) is 17.8. The van der Waals surface area contributed by atoms with Crippen LogP contribution >= 0.6 is 11.8 Å². The normalized spacial score (nSPS) is 18.4. The van der Waals surface area contributed by atoms with E-state index in [2.05, 4.69) is 5.32 Å². The number of piperazine rings is 1. The van der Waals surface area contributed by atoms with E-state index in [4.69, 9.17) is 0 Å². The molecule has 25 heavy (non-hydrogen) atoms. The highest BCUT2D eigenvalue weighted by Gasteiger charge is 2.34. The van der Waals surface area contributed by atoms with Gasteiger partial charge in [-0.15, -0.1) is 0 Å². The summed E-state index contributed by atoms with van der Waals surface area (Å²) in [6, 6.07) is 6.37. The Labute approximate surface area is 149 Å². The summed E-state index contributed by atoms with van der Waals surface area (Å²) >= 11 is 0.477. The van der Waals surface area contributed by atoms with E-state index < -0.39 is 5.76 Å². The number of thioether (sulfide) groups is 1. The van der Waals surface area contributed by atoms with Crippen LogP contribution in [0, 0.1) is 5.92 Å². The maximum Gasteiger partial charge on any atom is 0.288 e. The first-order chi connectivity index (χ1) is 12.0. The number of hydrogen-bond acceptors (Lipinski definition) is 4. The molecule has 1 saturated heterocycles. The summed E-state index contributed by atoms with van der Waals surface area (Å²) in [6.07, 6.45) is 2.02. The van der Waals surface area contributed by atoms with Gasteiger partial charge in [-0.2, -0.15) is 8.78 Å². The van der Waals surface area contributed by atoms with Crippen molar-refractivity contribution in [2.24, 2.45) is 5.92 Å². The summed E-state index contributed by atoms with van der Waals surface area (Å²) in [4.78, 5) is 28.5. The Kier molecular flexibility index (Phi) is 5.90. The molecule has 1 aliphatic carbocycles. The van der Waals surface area contributed by atoms with Crippen LogP contribution in [0.25, 0.3) is 0 Å². The molecule has 2 amide bonds. The third-order valence-corrected chi connectivity index (χ3v) is 5.06. The first-order valence-corrected chi connectivity index (χ1v) is 9.25. The van der Waals surface area contributed by atoms with Gasteiger partial charge in [-0.05, 0) is 37.1 Å². The van der Waals surface area contributed by atoms with E-state index in [9.17, 15) is 18.4 Å². The van der Waals surface area contributed by atoms with Gasteiger partial charge in [0.15, 0.2) is 0 Å². The summed E-state index contributed by atoms with van der Waals surface area (Å²) in [6.45, 7) is 2.98. The highest BCUT2D eigenvalue weighted by Crippen LogP contribution is 2.31. The van der Waals surface area contributed by atoms with Gasteiger partial charge in [-0.25, -0.2) is 0 Å². The number of rotatable bonds is 6. The predicted molar refractivity (Wildman–Crippen MR) is 92.7 cm³/mol. The molecule has 8 heteroatoms. The SMILES string of the molecule is O=C(CN1CCN(C(=O)C2CC2)CC1)Nc1ccc(SC(F)F)cc1. The zero-order valence-electron chi connectivity index (χ0n) is 13.8. The summed E-state index contributed by atoms with van der Waals surface area (Å²) in [5, 5.41) is 2.77. The van der Waals surface area contributed by atoms with E-state index in [0.717, 1.165) is 12.8 Å². The molecule has 2 aliphatic rings. The Balaban J connectivity index is 1.41. The fourth-order valence-corrected chi connectivity index (χ4v) is 3.34. The Morgan fingerprint density at radius 2 is 1.76 bits per heavy atom. The summed E-state index contributed by atoms with van der Waals surface area (Å²) in [5.41, 5.74) is 0.589. The molecule has 1 saturated carbocycles. The molecule has 3 rings (SSSR count). The van der Waals surface area contributed by atoms with Crippen molar-refractivity contribution >= 4 is 29.3 Å². The number of hydrogen-bond donors (Lipinski definition) is 1. The molecule has 0 spiro atoms. The maximum atomic E-state index is 12.3. The van der Waals surface area contributed by atoms with Gasteiger partial charge in [0.05, 0.1) is 6.54 Å². The molecule has 1 aromatic carbocycles. The Morgan fingerprint density at radius 1 is 1.12 bits per heavy atom. The number of benzene rings is 1. The average Bonchev–Trinajstić information content (AvgIpc) is 3.41. The fourth-order valence-electron chi connectivity index (χ4n) is 2.84. The van der Waals surface area contributed by atoms with Crippen LogP contribution in [0.2, 0.25) is 0 Å². The van der Waals surface area contributed by atoms with Crippen molar-refractivity contribution in [2.45, 2.75) is 23.5 Å². The second-order valence-electron chi connectivity index (χ2n) is 6.33. The van der Waals surface area contributed by atoms with Gasteiger partial charge in [0.1, 0.15) is 0 Å². The average molecular weight is 369 g/mol. The molecule has 0 unspecified atom stereocenters. The van der Waals surface area contributed by atoms with Crippen LogP contribution in [0.5, 0.6) is 0 Å². The fraction of sp³-hybridized carbons (Fsp3) is 0.529. The molecule has 1 aliphatic heterocycles. The zero-order valence-corrected chi connectivity index (χ0v) is 14.6. The third-order valence-electron chi connectivity index (χ3n) is 4.34. The van der Waals surface area contributed by atoms with Crippen molar-refractivity contribution in [2.75, 3.05) is 38.0 Å². The highest BCUT2D eigenvalue weighted by molar-refractivity contribution is 7.99. The smallest absolute Gasteiger partial charge is 0.288 e. The van der Waals surface area contributed by atoms with Gasteiger partial charge in [-0.1, -0.05) is 11.8 Å². The number of nitrogens with zero attached hydrogens (tertiary/aromatic N) is 2. The lowest BCUT2D eigenvalue weighted by molar-refractivity contribution is -0.134. The number of amides is 2. The van der Waals surface area contributed by atoms with Crippen LogP contribution in [0.4, 0.5) is 14.5 Å². The van der Waals surface area contributed by atoms with Crippen LogP contribution in [0.3, 0.4) is 0 Å². The van der Waals surface area contributed by atoms with Crippen molar-refractivity contribution in [1.29, 1.82) is 0 Å². The minimum Gasteiger partial charge on any atom is -0.340 e. The highest BCUT2D eigenvalue weighted by atomic mass is 32.2. The van der Waals surface area contributed by atoms with Crippen molar-refractivity contribution in [1.82, 2.24) is 9.80 Å². The minimum atomic E-state index is -2.45. The quantitative estimate of drug-likeness (QED) is 0.783. The molecule has 0 bridgehead atoms. The molecule has 0 atom stereocenters. The second-order valence-corrected chi connectivity index (χ2v) is 7.39. The van der Waals surface area contributed by atoms with Crippen LogP contribution in [-0.4, -0.2) is 60.1 Å². The second kappa shape index (κ2) is 8.14. The summed E-state index contributed by atoms with van der Waals surface area (Å²) < 4.78 is 24.6. The van der Waals surface area contributed by atoms with Crippen molar-refractivity contribution < 1.29 is 18.4 Å². The molecule has 1 heterocycles. The molecule has 0 radical (unpaired) electrons. The molecule has 5 nitrogen and oxygen atoms in total. The Hall–Kier alpha value is -1.67. The number of alkyl halides is 2. The number of carbonyl (C=O) groups is 2. The molecule has 1 N–H and O–H groups in total. The topological polar surface area (TPSA) is 52.7 Å². The van der Waals surface area contributed by atoms with E-state index >= 15 is 0 Å². The lowest BCUT2D eigenvalue weighted by atomic mass is 10.2. The van der Waals surface area contributed by atoms with Crippen LogP contribution in [0.1, 0.15) is 12.8 Å². The molecule has 136 valence electrons. The predicted octanol–water partition coefficient (Wildman–Crippen LogP) is 2.49. The maximum absolute atomic E-state index is 12.3. The van der Waals surface area contributed by atoms with Crippen molar-refractivity contribution in [3.8, 4) is 0 Å². The number of carbonyl (C=O) groups excluding carboxylic acids is 2. The molecular weight excluding hydrogens is 348 g/mol. The molecular formula is C17H21F2N3O2S. The van der Waals surface area contributed by atoms with Gasteiger partial charge in [0.25, 0.3) is 5.76 Å². The Bertz CT molecular complexity index is 615. The van der Waals surface area contributed by atoms with Gasteiger partial charge >= 0.3 is 0 Å². The Morgan fingerprint density at radius 3 is 2.32 bits per heavy atom. The van der Waals surface area contributed by atoms with E-state index in [1.807, 2.05) is 9.80 Å². The van der Waals surface area contributed by atoms with Crippen molar-refractivity contribution in [3.05, 3.63) is 24.3 Å². The third kappa shape index (κ3) is 5.40. The van der Waals surface area contributed by atoms with Gasteiger partial charge in [-0.3, -0.25) is 14.5 Å². The lowest BCUT2D eigenvalue weighted by Gasteiger charge is -2.34. The van der Waals surface area contributed by atoms with E-state index in [1.165, 1.54) is 0 Å². The van der Waals surface area contributed by atoms with Gasteiger partial charge in [0.2, 0.25) is 11.8 Å². The van der Waals surface area contributed by atoms with E-state index in [-0.39, 0.29) is 24.3 Å². The number of halogens is 2. The largest absolute Gasteiger partial charge is 0.340 e. The minimum absolute atomic E-state index is 0.142. The monoisotopic (exact) mass is 369 g/mol. The molecule has 0 aromatic heterocycles. The summed E-state index contributed by atoms with van der Waals surface area (Å²) in [7, 11) is 0. The summed E-state index contributed by atoms with van der Waals surface area (Å²) in [5.74, 6) is -2.10.